The summed E-state index contributed by atoms with van der Waals surface area (Å²) in [5.41, 5.74) is 3.04. The van der Waals surface area contributed by atoms with Gasteiger partial charge in [-0.2, -0.15) is 5.10 Å². The topological polar surface area (TPSA) is 134 Å². The number of hydrogen-bond acceptors (Lipinski definition) is 6. The van der Waals surface area contributed by atoms with E-state index in [1.807, 2.05) is 12.1 Å². The predicted molar refractivity (Wildman–Crippen MR) is 135 cm³/mol. The van der Waals surface area contributed by atoms with Crippen molar-refractivity contribution >= 4 is 23.5 Å². The number of rotatable bonds is 7. The molecule has 0 bridgehead atoms. The Balaban J connectivity index is 1.24. The van der Waals surface area contributed by atoms with E-state index in [1.54, 1.807) is 35.2 Å². The normalized spacial score (nSPS) is 15.3. The number of furan rings is 1. The van der Waals surface area contributed by atoms with Crippen LogP contribution < -0.4 is 5.32 Å². The second-order valence-electron chi connectivity index (χ2n) is 9.07. The van der Waals surface area contributed by atoms with Gasteiger partial charge in [-0.05, 0) is 67.1 Å². The lowest BCUT2D eigenvalue weighted by Crippen LogP contribution is -2.38. The zero-order valence-electron chi connectivity index (χ0n) is 20.2. The van der Waals surface area contributed by atoms with Crippen LogP contribution in [0.2, 0.25) is 0 Å². The average Bonchev–Trinajstić information content (AvgIpc) is 3.61. The summed E-state index contributed by atoms with van der Waals surface area (Å²) in [6.07, 6.45) is 2.96. The van der Waals surface area contributed by atoms with E-state index in [4.69, 9.17) is 4.42 Å². The summed E-state index contributed by atoms with van der Waals surface area (Å²) in [6, 6.07) is 17.2. The van der Waals surface area contributed by atoms with Crippen LogP contribution in [0.5, 0.6) is 0 Å². The van der Waals surface area contributed by atoms with Crippen LogP contribution in [0.3, 0.4) is 0 Å². The van der Waals surface area contributed by atoms with Gasteiger partial charge in [-0.3, -0.25) is 24.8 Å². The zero-order valence-corrected chi connectivity index (χ0v) is 20.2. The first-order valence-corrected chi connectivity index (χ1v) is 12.1. The number of nitrogens with one attached hydrogen (secondary N) is 2. The summed E-state index contributed by atoms with van der Waals surface area (Å²) in [5.74, 6) is -1.34. The Morgan fingerprint density at radius 1 is 1.08 bits per heavy atom. The highest BCUT2D eigenvalue weighted by Crippen LogP contribution is 2.33. The third-order valence-electron chi connectivity index (χ3n) is 6.48. The molecule has 2 aromatic heterocycles. The highest BCUT2D eigenvalue weighted by molar-refractivity contribution is 6.03. The van der Waals surface area contributed by atoms with Crippen molar-refractivity contribution in [2.45, 2.75) is 31.7 Å². The number of aromatic amines is 1. The molecule has 5 rings (SSSR count). The molecule has 2 N–H and O–H groups in total. The second kappa shape index (κ2) is 10.7. The largest absolute Gasteiger partial charge is 0.433 e. The number of nitrogens with zero attached hydrogens (tertiary/aromatic N) is 3. The van der Waals surface area contributed by atoms with Gasteiger partial charge in [0, 0.05) is 18.2 Å². The molecule has 0 spiro atoms. The van der Waals surface area contributed by atoms with E-state index in [9.17, 15) is 24.1 Å². The molecule has 10 nitrogen and oxygen atoms in total. The maximum atomic E-state index is 13.1. The van der Waals surface area contributed by atoms with Gasteiger partial charge in [-0.15, -0.1) is 0 Å². The molecule has 4 aromatic rings. The van der Waals surface area contributed by atoms with E-state index in [2.05, 4.69) is 15.5 Å². The smallest absolute Gasteiger partial charge is 0.395 e. The Hall–Kier alpha value is -4.80. The Morgan fingerprint density at radius 2 is 1.79 bits per heavy atom. The molecular formula is C27H24FN5O5. The number of piperidine rings is 1. The van der Waals surface area contributed by atoms with Crippen molar-refractivity contribution in [2.24, 2.45) is 0 Å². The molecule has 0 radical (unpaired) electrons. The van der Waals surface area contributed by atoms with Crippen molar-refractivity contribution in [3.05, 3.63) is 111 Å². The fraction of sp³-hybridized carbons (Fsp3) is 0.222. The van der Waals surface area contributed by atoms with Gasteiger partial charge >= 0.3 is 5.88 Å². The van der Waals surface area contributed by atoms with Crippen LogP contribution in [0.15, 0.2) is 71.1 Å². The average molecular weight is 518 g/mol. The van der Waals surface area contributed by atoms with E-state index in [0.29, 0.717) is 36.5 Å². The van der Waals surface area contributed by atoms with Crippen LogP contribution in [-0.4, -0.2) is 38.4 Å². The number of amides is 2. The van der Waals surface area contributed by atoms with Crippen LogP contribution in [0.1, 0.15) is 63.0 Å². The first-order valence-electron chi connectivity index (χ1n) is 12.1. The molecule has 38 heavy (non-hydrogen) atoms. The van der Waals surface area contributed by atoms with Gasteiger partial charge in [0.25, 0.3) is 11.8 Å². The number of aromatic nitrogens is 2. The molecule has 1 unspecified atom stereocenters. The Bertz CT molecular complexity index is 1460. The molecule has 1 aliphatic rings. The van der Waals surface area contributed by atoms with Crippen LogP contribution >= 0.6 is 0 Å². The van der Waals surface area contributed by atoms with Crippen LogP contribution in [0.25, 0.3) is 0 Å². The van der Waals surface area contributed by atoms with Crippen LogP contribution in [-0.2, 0) is 6.42 Å². The zero-order chi connectivity index (χ0) is 26.6. The lowest BCUT2D eigenvalue weighted by atomic mass is 9.99. The highest BCUT2D eigenvalue weighted by Gasteiger charge is 2.32. The van der Waals surface area contributed by atoms with E-state index in [1.165, 1.54) is 18.2 Å². The first kappa shape index (κ1) is 24.9. The van der Waals surface area contributed by atoms with Gasteiger partial charge < -0.3 is 14.6 Å². The summed E-state index contributed by atoms with van der Waals surface area (Å²) in [7, 11) is 0. The molecule has 3 heterocycles. The standard InChI is InChI=1S/C27H24FN5O5/c28-20-10-6-18(7-11-20)15-17-4-8-19(9-5-17)26(34)29-24-16-21(30-31-24)22-3-1-2-14-32(22)27(35)23-12-13-25(38-23)33(36)37/h4-13,16,22H,1-3,14-15H2,(H2,29,30,31,34). The molecule has 1 atom stereocenters. The molecule has 0 aliphatic carbocycles. The second-order valence-corrected chi connectivity index (χ2v) is 9.07. The number of halogens is 1. The lowest BCUT2D eigenvalue weighted by molar-refractivity contribution is -0.402. The van der Waals surface area contributed by atoms with Gasteiger partial charge in [0.1, 0.15) is 10.7 Å². The third kappa shape index (κ3) is 5.46. The SMILES string of the molecule is O=C(Nc1cc(C2CCCCN2C(=O)c2ccc([N+](=O)[O-])o2)[nH]n1)c1ccc(Cc2ccc(F)cc2)cc1. The molecule has 0 saturated carbocycles. The summed E-state index contributed by atoms with van der Waals surface area (Å²) < 4.78 is 18.2. The van der Waals surface area contributed by atoms with Crippen molar-refractivity contribution in [3.8, 4) is 0 Å². The van der Waals surface area contributed by atoms with E-state index < -0.39 is 16.7 Å². The predicted octanol–water partition coefficient (Wildman–Crippen LogP) is 5.26. The number of hydrogen-bond donors (Lipinski definition) is 2. The number of likely N-dealkylation sites (tertiary alicyclic amines) is 1. The van der Waals surface area contributed by atoms with Crippen LogP contribution in [0, 0.1) is 15.9 Å². The summed E-state index contributed by atoms with van der Waals surface area (Å²) in [4.78, 5) is 37.7. The van der Waals surface area contributed by atoms with Crippen molar-refractivity contribution in [2.75, 3.05) is 11.9 Å². The van der Waals surface area contributed by atoms with Gasteiger partial charge in [-0.25, -0.2) is 4.39 Å². The molecule has 2 aromatic carbocycles. The van der Waals surface area contributed by atoms with Gasteiger partial charge in [-0.1, -0.05) is 24.3 Å². The van der Waals surface area contributed by atoms with Crippen molar-refractivity contribution in [1.29, 1.82) is 0 Å². The molecule has 1 fully saturated rings. The van der Waals surface area contributed by atoms with E-state index in [0.717, 1.165) is 30.0 Å². The number of H-pyrrole nitrogens is 1. The molecule has 2 amide bonds. The Kier molecular flexibility index (Phi) is 6.98. The minimum absolute atomic E-state index is 0.0977. The van der Waals surface area contributed by atoms with Gasteiger partial charge in [0.15, 0.2) is 11.6 Å². The molecule has 1 aliphatic heterocycles. The van der Waals surface area contributed by atoms with Crippen molar-refractivity contribution < 1.29 is 23.3 Å². The minimum atomic E-state index is -0.687. The lowest BCUT2D eigenvalue weighted by Gasteiger charge is -2.34. The highest BCUT2D eigenvalue weighted by atomic mass is 19.1. The summed E-state index contributed by atoms with van der Waals surface area (Å²) >= 11 is 0. The number of carbonyl (C=O) groups is 2. The number of anilines is 1. The minimum Gasteiger partial charge on any atom is -0.395 e. The third-order valence-corrected chi connectivity index (χ3v) is 6.48. The summed E-state index contributed by atoms with van der Waals surface area (Å²) in [5, 5.41) is 20.8. The molecule has 194 valence electrons. The van der Waals surface area contributed by atoms with Crippen molar-refractivity contribution in [1.82, 2.24) is 15.1 Å². The Labute approximate surface area is 216 Å². The Morgan fingerprint density at radius 3 is 2.47 bits per heavy atom. The van der Waals surface area contributed by atoms with E-state index >= 15 is 0 Å². The number of benzene rings is 2. The van der Waals surface area contributed by atoms with E-state index in [-0.39, 0.29) is 23.5 Å². The monoisotopic (exact) mass is 517 g/mol. The maximum absolute atomic E-state index is 13.1. The van der Waals surface area contributed by atoms with Gasteiger partial charge in [0.2, 0.25) is 0 Å². The molecule has 11 heteroatoms. The fourth-order valence-electron chi connectivity index (χ4n) is 4.55. The van der Waals surface area contributed by atoms with Crippen LogP contribution in [0.4, 0.5) is 16.1 Å². The number of carbonyl (C=O) groups excluding carboxylic acids is 2. The first-order chi connectivity index (χ1) is 18.4. The fourth-order valence-corrected chi connectivity index (χ4v) is 4.55. The summed E-state index contributed by atoms with van der Waals surface area (Å²) in [6.45, 7) is 0.461. The molecular weight excluding hydrogens is 493 g/mol. The van der Waals surface area contributed by atoms with Crippen molar-refractivity contribution in [3.63, 3.8) is 0 Å². The maximum Gasteiger partial charge on any atom is 0.433 e. The molecule has 1 saturated heterocycles. The van der Waals surface area contributed by atoms with Gasteiger partial charge in [0.05, 0.1) is 17.8 Å². The quantitative estimate of drug-likeness (QED) is 0.254. The number of nitro groups is 1.